The maximum Gasteiger partial charge on any atom is 0.408 e. The molecule has 0 bridgehead atoms. The van der Waals surface area contributed by atoms with Crippen molar-refractivity contribution in [3.8, 4) is 0 Å². The van der Waals surface area contributed by atoms with Gasteiger partial charge in [0.15, 0.2) is 0 Å². The van der Waals surface area contributed by atoms with Gasteiger partial charge in [0.1, 0.15) is 6.04 Å². The van der Waals surface area contributed by atoms with Crippen LogP contribution in [-0.4, -0.2) is 54.7 Å². The molecule has 2 rings (SSSR count). The summed E-state index contributed by atoms with van der Waals surface area (Å²) < 4.78 is 27.5. The number of rotatable bonds is 10. The number of carboxylic acids is 1. The first-order valence-electron chi connectivity index (χ1n) is 9.32. The molecule has 0 unspecified atom stereocenters. The molecule has 1 atom stereocenters. The number of benzene rings is 2. The van der Waals surface area contributed by atoms with Crippen LogP contribution in [0.1, 0.15) is 26.7 Å². The molecule has 29 heavy (non-hydrogen) atoms. The Morgan fingerprint density at radius 2 is 1.72 bits per heavy atom. The molecule has 0 aromatic heterocycles. The lowest BCUT2D eigenvalue weighted by Gasteiger charge is -2.27. The van der Waals surface area contributed by atoms with Crippen molar-refractivity contribution in [2.24, 2.45) is 5.92 Å². The Labute approximate surface area is 170 Å². The number of aliphatic carboxylic acids is 1. The van der Waals surface area contributed by atoms with Crippen molar-refractivity contribution < 1.29 is 28.2 Å². The van der Waals surface area contributed by atoms with Gasteiger partial charge in [-0.15, -0.1) is 0 Å². The third-order valence-corrected chi connectivity index (χ3v) is 5.96. The van der Waals surface area contributed by atoms with Crippen LogP contribution < -0.4 is 4.72 Å². The first kappa shape index (κ1) is 22.6. The first-order valence-corrected chi connectivity index (χ1v) is 10.8. The van der Waals surface area contributed by atoms with E-state index >= 15 is 0 Å². The standard InChI is InChI=1S/C20H26N2O6S/c1-14(2)12-18(19(23)24)22(20(25)26)11-5-10-21-29(27,28)17-9-8-15-6-3-4-7-16(15)13-17/h3-4,6-9,13-14,18,21H,5,10-12H2,1-2H3,(H,23,24)(H,25,26)/t18-/m0/s1. The molecule has 9 heteroatoms. The summed E-state index contributed by atoms with van der Waals surface area (Å²) in [7, 11) is -3.76. The number of nitrogens with zero attached hydrogens (tertiary/aromatic N) is 1. The number of hydrogen-bond acceptors (Lipinski definition) is 4. The lowest BCUT2D eigenvalue weighted by molar-refractivity contribution is -0.143. The summed E-state index contributed by atoms with van der Waals surface area (Å²) in [6, 6.07) is 11.0. The summed E-state index contributed by atoms with van der Waals surface area (Å²) in [5, 5.41) is 20.4. The second-order valence-corrected chi connectivity index (χ2v) is 8.99. The molecule has 0 radical (unpaired) electrons. The Kier molecular flexibility index (Phi) is 7.58. The van der Waals surface area contributed by atoms with Crippen molar-refractivity contribution in [3.05, 3.63) is 42.5 Å². The first-order chi connectivity index (χ1) is 13.6. The normalized spacial score (nSPS) is 12.8. The van der Waals surface area contributed by atoms with E-state index in [1.165, 1.54) is 6.07 Å². The molecule has 8 nitrogen and oxygen atoms in total. The SMILES string of the molecule is CC(C)C[C@@H](C(=O)O)N(CCCNS(=O)(=O)c1ccc2ccccc2c1)C(=O)O. The van der Waals surface area contributed by atoms with E-state index in [-0.39, 0.29) is 36.7 Å². The molecular formula is C20H26N2O6S. The van der Waals surface area contributed by atoms with Gasteiger partial charge in [0.05, 0.1) is 4.90 Å². The van der Waals surface area contributed by atoms with Crippen LogP contribution in [0.4, 0.5) is 4.79 Å². The summed E-state index contributed by atoms with van der Waals surface area (Å²) in [6.07, 6.45) is -0.999. The molecule has 0 aliphatic rings. The number of carboxylic acid groups (broad SMARTS) is 2. The van der Waals surface area contributed by atoms with E-state index in [9.17, 15) is 28.2 Å². The minimum absolute atomic E-state index is 0.00403. The van der Waals surface area contributed by atoms with Gasteiger partial charge in [0, 0.05) is 13.1 Å². The van der Waals surface area contributed by atoms with Crippen LogP contribution in [0.2, 0.25) is 0 Å². The molecule has 0 saturated heterocycles. The van der Waals surface area contributed by atoms with Crippen LogP contribution in [0, 0.1) is 5.92 Å². The molecule has 158 valence electrons. The van der Waals surface area contributed by atoms with Crippen molar-refractivity contribution in [1.29, 1.82) is 0 Å². The topological polar surface area (TPSA) is 124 Å². The zero-order valence-electron chi connectivity index (χ0n) is 16.4. The highest BCUT2D eigenvalue weighted by Crippen LogP contribution is 2.19. The second-order valence-electron chi connectivity index (χ2n) is 7.22. The summed E-state index contributed by atoms with van der Waals surface area (Å²) in [5.74, 6) is -1.21. The highest BCUT2D eigenvalue weighted by molar-refractivity contribution is 7.89. The number of amides is 1. The average Bonchev–Trinajstić information content (AvgIpc) is 2.65. The Morgan fingerprint density at radius 1 is 1.07 bits per heavy atom. The van der Waals surface area contributed by atoms with Gasteiger partial charge in [-0.3, -0.25) is 4.90 Å². The molecule has 0 aliphatic carbocycles. The summed E-state index contributed by atoms with van der Waals surface area (Å²) >= 11 is 0. The predicted molar refractivity (Wildman–Crippen MR) is 109 cm³/mol. The van der Waals surface area contributed by atoms with E-state index < -0.39 is 28.1 Å². The van der Waals surface area contributed by atoms with Crippen molar-refractivity contribution in [2.75, 3.05) is 13.1 Å². The van der Waals surface area contributed by atoms with Crippen molar-refractivity contribution in [2.45, 2.75) is 37.6 Å². The van der Waals surface area contributed by atoms with Gasteiger partial charge in [-0.25, -0.2) is 22.7 Å². The molecule has 3 N–H and O–H groups in total. The maximum atomic E-state index is 12.5. The largest absolute Gasteiger partial charge is 0.480 e. The molecular weight excluding hydrogens is 396 g/mol. The summed E-state index contributed by atoms with van der Waals surface area (Å²) in [6.45, 7) is 3.54. The Hall–Kier alpha value is -2.65. The van der Waals surface area contributed by atoms with Gasteiger partial charge in [0.25, 0.3) is 0 Å². The molecule has 2 aromatic carbocycles. The fourth-order valence-corrected chi connectivity index (χ4v) is 4.18. The Balaban J connectivity index is 2.00. The Bertz CT molecular complexity index is 974. The number of fused-ring (bicyclic) bond motifs is 1. The van der Waals surface area contributed by atoms with Gasteiger partial charge in [-0.2, -0.15) is 0 Å². The number of nitrogens with one attached hydrogen (secondary N) is 1. The maximum absolute atomic E-state index is 12.5. The van der Waals surface area contributed by atoms with Crippen molar-refractivity contribution in [1.82, 2.24) is 9.62 Å². The summed E-state index contributed by atoms with van der Waals surface area (Å²) in [5.41, 5.74) is 0. The lowest BCUT2D eigenvalue weighted by Crippen LogP contribution is -2.46. The summed E-state index contributed by atoms with van der Waals surface area (Å²) in [4.78, 5) is 23.9. The smallest absolute Gasteiger partial charge is 0.408 e. The number of sulfonamides is 1. The highest BCUT2D eigenvalue weighted by atomic mass is 32.2. The lowest BCUT2D eigenvalue weighted by atomic mass is 10.0. The van der Waals surface area contributed by atoms with E-state index in [1.807, 2.05) is 38.1 Å². The predicted octanol–water partition coefficient (Wildman–Crippen LogP) is 2.99. The quantitative estimate of drug-likeness (QED) is 0.506. The minimum Gasteiger partial charge on any atom is -0.480 e. The third kappa shape index (κ3) is 6.16. The molecule has 1 amide bonds. The fraction of sp³-hybridized carbons (Fsp3) is 0.400. The zero-order valence-corrected chi connectivity index (χ0v) is 17.2. The average molecular weight is 423 g/mol. The van der Waals surface area contributed by atoms with E-state index in [0.29, 0.717) is 0 Å². The van der Waals surface area contributed by atoms with Gasteiger partial charge < -0.3 is 10.2 Å². The van der Waals surface area contributed by atoms with Crippen LogP contribution in [0.25, 0.3) is 10.8 Å². The van der Waals surface area contributed by atoms with Crippen LogP contribution in [0.15, 0.2) is 47.4 Å². The third-order valence-electron chi connectivity index (χ3n) is 4.50. The highest BCUT2D eigenvalue weighted by Gasteiger charge is 2.29. The molecule has 0 spiro atoms. The molecule has 0 saturated carbocycles. The van der Waals surface area contributed by atoms with Crippen LogP contribution in [0.5, 0.6) is 0 Å². The van der Waals surface area contributed by atoms with E-state index in [0.717, 1.165) is 15.7 Å². The van der Waals surface area contributed by atoms with Gasteiger partial charge in [-0.05, 0) is 41.7 Å². The number of carbonyl (C=O) groups is 2. The zero-order chi connectivity index (χ0) is 21.6. The molecule has 0 aliphatic heterocycles. The minimum atomic E-state index is -3.76. The molecule has 2 aromatic rings. The van der Waals surface area contributed by atoms with Gasteiger partial charge in [0.2, 0.25) is 10.0 Å². The van der Waals surface area contributed by atoms with Gasteiger partial charge in [-0.1, -0.05) is 44.2 Å². The van der Waals surface area contributed by atoms with Crippen LogP contribution >= 0.6 is 0 Å². The second kappa shape index (κ2) is 9.71. The molecule has 0 fully saturated rings. The van der Waals surface area contributed by atoms with E-state index in [4.69, 9.17) is 0 Å². The van der Waals surface area contributed by atoms with Crippen molar-refractivity contribution in [3.63, 3.8) is 0 Å². The van der Waals surface area contributed by atoms with E-state index in [2.05, 4.69) is 4.72 Å². The fourth-order valence-electron chi connectivity index (χ4n) is 3.07. The van der Waals surface area contributed by atoms with Crippen molar-refractivity contribution >= 4 is 32.9 Å². The van der Waals surface area contributed by atoms with Crippen LogP contribution in [0.3, 0.4) is 0 Å². The number of hydrogen-bond donors (Lipinski definition) is 3. The molecule has 0 heterocycles. The van der Waals surface area contributed by atoms with Crippen LogP contribution in [-0.2, 0) is 14.8 Å². The monoisotopic (exact) mass is 422 g/mol. The van der Waals surface area contributed by atoms with E-state index in [1.54, 1.807) is 12.1 Å². The Morgan fingerprint density at radius 3 is 2.31 bits per heavy atom. The van der Waals surface area contributed by atoms with Gasteiger partial charge >= 0.3 is 12.1 Å².